The number of ether oxygens (including phenoxy) is 1. The summed E-state index contributed by atoms with van der Waals surface area (Å²) in [6.07, 6.45) is 4.15. The van der Waals surface area contributed by atoms with Gasteiger partial charge in [0, 0.05) is 29.3 Å². The highest BCUT2D eigenvalue weighted by atomic mass is 16.5. The van der Waals surface area contributed by atoms with Gasteiger partial charge in [-0.2, -0.15) is 0 Å². The molecule has 2 unspecified atom stereocenters. The van der Waals surface area contributed by atoms with E-state index in [9.17, 15) is 4.79 Å². The van der Waals surface area contributed by atoms with Crippen molar-refractivity contribution in [1.29, 1.82) is 0 Å². The van der Waals surface area contributed by atoms with Crippen LogP contribution in [0.25, 0.3) is 0 Å². The zero-order valence-corrected chi connectivity index (χ0v) is 16.4. The molecule has 0 N–H and O–H groups in total. The van der Waals surface area contributed by atoms with Crippen LogP contribution < -0.4 is 0 Å². The van der Waals surface area contributed by atoms with Crippen molar-refractivity contribution in [3.8, 4) is 11.8 Å². The summed E-state index contributed by atoms with van der Waals surface area (Å²) in [6.45, 7) is 2.22. The Labute approximate surface area is 171 Å². The van der Waals surface area contributed by atoms with Crippen molar-refractivity contribution in [2.45, 2.75) is 18.8 Å². The summed E-state index contributed by atoms with van der Waals surface area (Å²) in [5.41, 5.74) is 2.92. The number of benzene rings is 2. The number of esters is 1. The molecule has 3 nitrogen and oxygen atoms in total. The van der Waals surface area contributed by atoms with Gasteiger partial charge in [0.25, 0.3) is 0 Å². The SMILES string of the molecule is CCOC(=O)C1CC(c2ccccc2)(c2ccccc2)C1C#Cc1ccncc1. The molecule has 2 aromatic carbocycles. The minimum Gasteiger partial charge on any atom is -0.466 e. The molecule has 144 valence electrons. The minimum absolute atomic E-state index is 0.163. The first-order valence-corrected chi connectivity index (χ1v) is 9.95. The van der Waals surface area contributed by atoms with Crippen molar-refractivity contribution < 1.29 is 9.53 Å². The van der Waals surface area contributed by atoms with E-state index in [1.54, 1.807) is 12.4 Å². The molecule has 1 aliphatic carbocycles. The maximum Gasteiger partial charge on any atom is 0.310 e. The Balaban J connectivity index is 1.83. The first kappa shape index (κ1) is 19.0. The second-order valence-electron chi connectivity index (χ2n) is 7.25. The van der Waals surface area contributed by atoms with Crippen LogP contribution in [0.3, 0.4) is 0 Å². The van der Waals surface area contributed by atoms with Gasteiger partial charge >= 0.3 is 5.97 Å². The summed E-state index contributed by atoms with van der Waals surface area (Å²) in [6, 6.07) is 24.5. The molecule has 0 amide bonds. The lowest BCUT2D eigenvalue weighted by Crippen LogP contribution is -2.54. The normalized spacial score (nSPS) is 19.3. The summed E-state index contributed by atoms with van der Waals surface area (Å²) in [7, 11) is 0. The number of carbonyl (C=O) groups excluding carboxylic acids is 1. The fourth-order valence-electron chi connectivity index (χ4n) is 4.30. The Hall–Kier alpha value is -3.38. The van der Waals surface area contributed by atoms with E-state index in [0.29, 0.717) is 13.0 Å². The first-order valence-electron chi connectivity index (χ1n) is 9.95. The highest BCUT2D eigenvalue weighted by Gasteiger charge is 2.58. The van der Waals surface area contributed by atoms with E-state index in [-0.39, 0.29) is 23.2 Å². The number of rotatable bonds is 4. The molecular weight excluding hydrogens is 358 g/mol. The number of carbonyl (C=O) groups is 1. The number of hydrogen-bond acceptors (Lipinski definition) is 3. The number of aromatic nitrogens is 1. The second-order valence-corrected chi connectivity index (χ2v) is 7.25. The van der Waals surface area contributed by atoms with Crippen LogP contribution in [-0.4, -0.2) is 17.6 Å². The molecule has 1 fully saturated rings. The molecule has 0 aliphatic heterocycles. The van der Waals surface area contributed by atoms with Crippen molar-refractivity contribution in [2.24, 2.45) is 11.8 Å². The maximum atomic E-state index is 12.7. The van der Waals surface area contributed by atoms with E-state index in [4.69, 9.17) is 4.74 Å². The minimum atomic E-state index is -0.333. The van der Waals surface area contributed by atoms with Crippen LogP contribution in [0, 0.1) is 23.7 Å². The number of hydrogen-bond donors (Lipinski definition) is 0. The third kappa shape index (κ3) is 3.54. The molecule has 1 aromatic heterocycles. The topological polar surface area (TPSA) is 39.2 Å². The second kappa shape index (κ2) is 8.32. The zero-order chi connectivity index (χ0) is 20.1. The molecule has 0 bridgehead atoms. The smallest absolute Gasteiger partial charge is 0.310 e. The summed E-state index contributed by atoms with van der Waals surface area (Å²) in [5, 5.41) is 0. The van der Waals surface area contributed by atoms with Crippen molar-refractivity contribution in [3.05, 3.63) is 102 Å². The fraction of sp³-hybridized carbons (Fsp3) is 0.231. The van der Waals surface area contributed by atoms with Crippen LogP contribution in [0.15, 0.2) is 85.2 Å². The van der Waals surface area contributed by atoms with Gasteiger partial charge in [-0.05, 0) is 36.6 Å². The Kier molecular flexibility index (Phi) is 5.44. The third-order valence-electron chi connectivity index (χ3n) is 5.69. The van der Waals surface area contributed by atoms with E-state index < -0.39 is 0 Å². The van der Waals surface area contributed by atoms with Gasteiger partial charge in [0.05, 0.1) is 12.5 Å². The molecule has 0 radical (unpaired) electrons. The lowest BCUT2D eigenvalue weighted by molar-refractivity contribution is -0.155. The molecule has 1 aliphatic rings. The van der Waals surface area contributed by atoms with E-state index >= 15 is 0 Å². The Bertz CT molecular complexity index is 980. The van der Waals surface area contributed by atoms with Crippen molar-refractivity contribution in [2.75, 3.05) is 6.61 Å². The molecule has 4 rings (SSSR count). The fourth-order valence-corrected chi connectivity index (χ4v) is 4.30. The molecule has 0 spiro atoms. The predicted molar refractivity (Wildman–Crippen MR) is 113 cm³/mol. The summed E-state index contributed by atoms with van der Waals surface area (Å²) >= 11 is 0. The lowest BCUT2D eigenvalue weighted by Gasteiger charge is -2.52. The third-order valence-corrected chi connectivity index (χ3v) is 5.69. The summed E-state index contributed by atoms with van der Waals surface area (Å²) < 4.78 is 5.38. The van der Waals surface area contributed by atoms with Gasteiger partial charge in [0.1, 0.15) is 0 Å². The molecule has 29 heavy (non-hydrogen) atoms. The van der Waals surface area contributed by atoms with Gasteiger partial charge in [-0.1, -0.05) is 72.5 Å². The average Bonchev–Trinajstić information content (AvgIpc) is 2.76. The largest absolute Gasteiger partial charge is 0.466 e. The summed E-state index contributed by atoms with van der Waals surface area (Å²) in [4.78, 5) is 16.8. The standard InChI is InChI=1S/C26H23NO2/c1-2-29-25(28)23-19-26(21-9-5-3-6-10-21,22-11-7-4-8-12-22)24(23)14-13-20-15-17-27-18-16-20/h3-12,15-18,23-24H,2,19H2,1H3. The maximum absolute atomic E-state index is 12.7. The molecule has 3 aromatic rings. The highest BCUT2D eigenvalue weighted by Crippen LogP contribution is 2.57. The van der Waals surface area contributed by atoms with Crippen LogP contribution >= 0.6 is 0 Å². The molecule has 1 heterocycles. The van der Waals surface area contributed by atoms with Gasteiger partial charge in [-0.15, -0.1) is 0 Å². The van der Waals surface area contributed by atoms with Crippen LogP contribution in [0.2, 0.25) is 0 Å². The lowest BCUT2D eigenvalue weighted by atomic mass is 9.48. The first-order chi connectivity index (χ1) is 14.3. The number of nitrogens with zero attached hydrogens (tertiary/aromatic N) is 1. The van der Waals surface area contributed by atoms with Gasteiger partial charge in [-0.25, -0.2) is 0 Å². The van der Waals surface area contributed by atoms with E-state index in [1.165, 1.54) is 11.1 Å². The molecular formula is C26H23NO2. The van der Waals surface area contributed by atoms with Gasteiger partial charge in [0.15, 0.2) is 0 Å². The van der Waals surface area contributed by atoms with Crippen molar-refractivity contribution in [3.63, 3.8) is 0 Å². The van der Waals surface area contributed by atoms with Gasteiger partial charge < -0.3 is 4.74 Å². The van der Waals surface area contributed by atoms with Gasteiger partial charge in [0.2, 0.25) is 0 Å². The average molecular weight is 381 g/mol. The van der Waals surface area contributed by atoms with Crippen LogP contribution in [-0.2, 0) is 14.9 Å². The Morgan fingerprint density at radius 3 is 2.14 bits per heavy atom. The molecule has 1 saturated carbocycles. The van der Waals surface area contributed by atoms with Crippen LogP contribution in [0.1, 0.15) is 30.0 Å². The van der Waals surface area contributed by atoms with Crippen LogP contribution in [0.5, 0.6) is 0 Å². The van der Waals surface area contributed by atoms with E-state index in [1.807, 2.05) is 55.5 Å². The molecule has 0 saturated heterocycles. The van der Waals surface area contributed by atoms with E-state index in [2.05, 4.69) is 41.1 Å². The van der Waals surface area contributed by atoms with Crippen molar-refractivity contribution >= 4 is 5.97 Å². The summed E-state index contributed by atoms with van der Waals surface area (Å²) in [5.74, 6) is 6.13. The molecule has 2 atom stereocenters. The van der Waals surface area contributed by atoms with Gasteiger partial charge in [-0.3, -0.25) is 9.78 Å². The monoisotopic (exact) mass is 381 g/mol. The highest BCUT2D eigenvalue weighted by molar-refractivity contribution is 5.77. The number of pyridine rings is 1. The Morgan fingerprint density at radius 2 is 1.59 bits per heavy atom. The zero-order valence-electron chi connectivity index (χ0n) is 16.4. The predicted octanol–water partition coefficient (Wildman–Crippen LogP) is 4.62. The van der Waals surface area contributed by atoms with Crippen molar-refractivity contribution in [1.82, 2.24) is 4.98 Å². The Morgan fingerprint density at radius 1 is 1.00 bits per heavy atom. The van der Waals surface area contributed by atoms with E-state index in [0.717, 1.165) is 5.56 Å². The molecule has 3 heteroatoms. The quantitative estimate of drug-likeness (QED) is 0.489. The van der Waals surface area contributed by atoms with Crippen LogP contribution in [0.4, 0.5) is 0 Å².